The molecule has 0 spiro atoms. The van der Waals surface area contributed by atoms with Crippen molar-refractivity contribution in [2.24, 2.45) is 0 Å². The van der Waals surface area contributed by atoms with E-state index in [1.807, 2.05) is 29.6 Å². The number of hydrogen-bond acceptors (Lipinski definition) is 4. The molecule has 0 aliphatic carbocycles. The van der Waals surface area contributed by atoms with Gasteiger partial charge in [-0.2, -0.15) is 11.8 Å². The minimum Gasteiger partial charge on any atom is -0.269 e. The van der Waals surface area contributed by atoms with Crippen molar-refractivity contribution in [3.8, 4) is 0 Å². The maximum atomic E-state index is 11.8. The number of aromatic nitrogens is 2. The van der Waals surface area contributed by atoms with Crippen LogP contribution < -0.4 is 5.56 Å². The maximum absolute atomic E-state index is 11.8. The van der Waals surface area contributed by atoms with E-state index in [-0.39, 0.29) is 5.56 Å². The summed E-state index contributed by atoms with van der Waals surface area (Å²) in [6.07, 6.45) is 1.75. The molecule has 20 heavy (non-hydrogen) atoms. The van der Waals surface area contributed by atoms with Gasteiger partial charge in [0.15, 0.2) is 4.96 Å². The molecule has 1 aromatic carbocycles. The summed E-state index contributed by atoms with van der Waals surface area (Å²) in [6.45, 7) is 0. The molecule has 0 N–H and O–H groups in total. The van der Waals surface area contributed by atoms with E-state index in [1.54, 1.807) is 28.4 Å². The number of fused-ring (bicyclic) bond motifs is 1. The van der Waals surface area contributed by atoms with E-state index in [0.717, 1.165) is 27.0 Å². The number of benzene rings is 1. The van der Waals surface area contributed by atoms with Gasteiger partial charge < -0.3 is 0 Å². The van der Waals surface area contributed by atoms with Crippen LogP contribution in [0.3, 0.4) is 0 Å². The van der Waals surface area contributed by atoms with Crippen molar-refractivity contribution >= 4 is 39.7 Å². The second-order valence-electron chi connectivity index (χ2n) is 4.23. The molecule has 0 fully saturated rings. The molecule has 0 saturated carbocycles. The van der Waals surface area contributed by atoms with Gasteiger partial charge in [0.1, 0.15) is 0 Å². The SMILES string of the molecule is O=c1cc(CSCc2ccccc2Cl)nc2sccn12. The van der Waals surface area contributed by atoms with Crippen molar-refractivity contribution < 1.29 is 0 Å². The summed E-state index contributed by atoms with van der Waals surface area (Å²) in [5.74, 6) is 1.51. The standard InChI is InChI=1S/C14H11ClN2OS2/c15-12-4-2-1-3-10(12)8-19-9-11-7-13(18)17-5-6-20-14(17)16-11/h1-7H,8-9H2. The number of thioether (sulfide) groups is 1. The van der Waals surface area contributed by atoms with Crippen LogP contribution in [-0.2, 0) is 11.5 Å². The second kappa shape index (κ2) is 5.99. The smallest absolute Gasteiger partial charge is 0.258 e. The number of rotatable bonds is 4. The third-order valence-corrected chi connectivity index (χ3v) is 4.96. The van der Waals surface area contributed by atoms with E-state index >= 15 is 0 Å². The molecule has 0 atom stereocenters. The summed E-state index contributed by atoms with van der Waals surface area (Å²) in [5, 5.41) is 2.64. The Labute approximate surface area is 129 Å². The zero-order valence-electron chi connectivity index (χ0n) is 10.5. The van der Waals surface area contributed by atoms with Crippen LogP contribution in [0, 0.1) is 0 Å². The summed E-state index contributed by atoms with van der Waals surface area (Å²) in [5.41, 5.74) is 1.90. The van der Waals surface area contributed by atoms with Gasteiger partial charge in [0.2, 0.25) is 0 Å². The molecule has 2 heterocycles. The molecular weight excluding hydrogens is 312 g/mol. The molecule has 0 aliphatic heterocycles. The van der Waals surface area contributed by atoms with Crippen LogP contribution in [0.1, 0.15) is 11.3 Å². The van der Waals surface area contributed by atoms with Crippen molar-refractivity contribution in [1.29, 1.82) is 0 Å². The zero-order valence-corrected chi connectivity index (χ0v) is 12.8. The molecule has 3 nitrogen and oxygen atoms in total. The second-order valence-corrected chi connectivity index (χ2v) is 6.49. The van der Waals surface area contributed by atoms with E-state index in [1.165, 1.54) is 11.3 Å². The van der Waals surface area contributed by atoms with Crippen LogP contribution in [0.25, 0.3) is 4.96 Å². The van der Waals surface area contributed by atoms with Gasteiger partial charge in [0, 0.05) is 34.2 Å². The fourth-order valence-electron chi connectivity index (χ4n) is 1.84. The predicted molar refractivity (Wildman–Crippen MR) is 85.8 cm³/mol. The Bertz CT molecular complexity index is 797. The lowest BCUT2D eigenvalue weighted by Gasteiger charge is -2.04. The highest BCUT2D eigenvalue weighted by Gasteiger charge is 2.04. The Morgan fingerprint density at radius 1 is 1.30 bits per heavy atom. The number of halogens is 1. The predicted octanol–water partition coefficient (Wildman–Crippen LogP) is 3.84. The minimum absolute atomic E-state index is 0.0235. The highest BCUT2D eigenvalue weighted by molar-refractivity contribution is 7.97. The number of nitrogens with zero attached hydrogens (tertiary/aromatic N) is 2. The largest absolute Gasteiger partial charge is 0.269 e. The average Bonchev–Trinajstić information content (AvgIpc) is 2.90. The summed E-state index contributed by atoms with van der Waals surface area (Å²) in [7, 11) is 0. The molecule has 3 aromatic rings. The molecule has 0 radical (unpaired) electrons. The van der Waals surface area contributed by atoms with Crippen molar-refractivity contribution in [2.75, 3.05) is 0 Å². The van der Waals surface area contributed by atoms with E-state index in [9.17, 15) is 4.79 Å². The highest BCUT2D eigenvalue weighted by Crippen LogP contribution is 2.22. The molecular formula is C14H11ClN2OS2. The van der Waals surface area contributed by atoms with Crippen molar-refractivity contribution in [3.63, 3.8) is 0 Å². The van der Waals surface area contributed by atoms with E-state index in [0.29, 0.717) is 5.75 Å². The van der Waals surface area contributed by atoms with Gasteiger partial charge in [-0.3, -0.25) is 9.20 Å². The Kier molecular flexibility index (Phi) is 4.10. The Morgan fingerprint density at radius 3 is 3.00 bits per heavy atom. The Balaban J connectivity index is 1.71. The number of thiazole rings is 1. The fourth-order valence-corrected chi connectivity index (χ4v) is 3.79. The monoisotopic (exact) mass is 322 g/mol. The van der Waals surface area contributed by atoms with Gasteiger partial charge in [-0.1, -0.05) is 29.8 Å². The molecule has 0 aliphatic rings. The molecule has 0 amide bonds. The van der Waals surface area contributed by atoms with E-state index in [2.05, 4.69) is 4.98 Å². The third kappa shape index (κ3) is 2.90. The third-order valence-electron chi connectivity index (χ3n) is 2.82. The van der Waals surface area contributed by atoms with Gasteiger partial charge in [-0.05, 0) is 11.6 Å². The van der Waals surface area contributed by atoms with Gasteiger partial charge in [-0.25, -0.2) is 4.98 Å². The lowest BCUT2D eigenvalue weighted by Crippen LogP contribution is -2.12. The van der Waals surface area contributed by atoms with E-state index < -0.39 is 0 Å². The Morgan fingerprint density at radius 2 is 2.15 bits per heavy atom. The first-order valence-electron chi connectivity index (χ1n) is 6.01. The van der Waals surface area contributed by atoms with Gasteiger partial charge in [-0.15, -0.1) is 11.3 Å². The molecule has 0 saturated heterocycles. The summed E-state index contributed by atoms with van der Waals surface area (Å²) >= 11 is 9.29. The molecule has 0 bridgehead atoms. The summed E-state index contributed by atoms with van der Waals surface area (Å²) < 4.78 is 1.56. The van der Waals surface area contributed by atoms with Gasteiger partial charge >= 0.3 is 0 Å². The minimum atomic E-state index is -0.0235. The van der Waals surface area contributed by atoms with Crippen LogP contribution >= 0.6 is 34.7 Å². The van der Waals surface area contributed by atoms with E-state index in [4.69, 9.17) is 11.6 Å². The van der Waals surface area contributed by atoms with Gasteiger partial charge in [0.25, 0.3) is 5.56 Å². The average molecular weight is 323 g/mol. The fraction of sp³-hybridized carbons (Fsp3) is 0.143. The molecule has 3 rings (SSSR count). The zero-order chi connectivity index (χ0) is 13.9. The molecule has 102 valence electrons. The summed E-state index contributed by atoms with van der Waals surface area (Å²) in [4.78, 5) is 17.1. The molecule has 2 aromatic heterocycles. The van der Waals surface area contributed by atoms with Crippen molar-refractivity contribution in [2.45, 2.75) is 11.5 Å². The quantitative estimate of drug-likeness (QED) is 0.732. The number of hydrogen-bond donors (Lipinski definition) is 0. The highest BCUT2D eigenvalue weighted by atomic mass is 35.5. The molecule has 6 heteroatoms. The van der Waals surface area contributed by atoms with Crippen molar-refractivity contribution in [1.82, 2.24) is 9.38 Å². The first-order chi connectivity index (χ1) is 9.74. The normalized spacial score (nSPS) is 11.1. The lowest BCUT2D eigenvalue weighted by atomic mass is 10.2. The lowest BCUT2D eigenvalue weighted by molar-refractivity contribution is 1.04. The maximum Gasteiger partial charge on any atom is 0.258 e. The first kappa shape index (κ1) is 13.7. The topological polar surface area (TPSA) is 34.4 Å². The van der Waals surface area contributed by atoms with Crippen molar-refractivity contribution in [3.05, 3.63) is 68.5 Å². The van der Waals surface area contributed by atoms with Gasteiger partial charge in [0.05, 0.1) is 5.69 Å². The summed E-state index contributed by atoms with van der Waals surface area (Å²) in [6, 6.07) is 9.40. The van der Waals surface area contributed by atoms with Crippen LogP contribution in [0.2, 0.25) is 5.02 Å². The van der Waals surface area contributed by atoms with Crippen LogP contribution in [0.15, 0.2) is 46.7 Å². The van der Waals surface area contributed by atoms with Crippen LogP contribution in [0.4, 0.5) is 0 Å². The van der Waals surface area contributed by atoms with Crippen LogP contribution in [-0.4, -0.2) is 9.38 Å². The Hall–Kier alpha value is -1.30. The first-order valence-corrected chi connectivity index (χ1v) is 8.42. The van der Waals surface area contributed by atoms with Crippen LogP contribution in [0.5, 0.6) is 0 Å². The molecule has 0 unspecified atom stereocenters.